The van der Waals surface area contributed by atoms with Crippen LogP contribution in [0, 0.1) is 0 Å². The molecular formula is C22H26N4O3. The van der Waals surface area contributed by atoms with E-state index in [2.05, 4.69) is 39.1 Å². The van der Waals surface area contributed by atoms with E-state index in [1.165, 1.54) is 5.69 Å². The molecule has 0 bridgehead atoms. The van der Waals surface area contributed by atoms with Crippen molar-refractivity contribution in [2.75, 3.05) is 45.3 Å². The Bertz CT molecular complexity index is 916. The number of nitrogens with zero attached hydrogens (tertiary/aromatic N) is 4. The molecule has 2 aromatic carbocycles. The van der Waals surface area contributed by atoms with E-state index < -0.39 is 0 Å². The van der Waals surface area contributed by atoms with Crippen molar-refractivity contribution in [2.24, 2.45) is 0 Å². The Kier molecular flexibility index (Phi) is 5.67. The molecule has 0 amide bonds. The molecule has 0 aliphatic carbocycles. The fourth-order valence-corrected chi connectivity index (χ4v) is 3.57. The van der Waals surface area contributed by atoms with Gasteiger partial charge in [-0.3, -0.25) is 4.90 Å². The van der Waals surface area contributed by atoms with Crippen LogP contribution < -0.4 is 14.4 Å². The molecule has 0 spiro atoms. The molecule has 1 atom stereocenters. The van der Waals surface area contributed by atoms with Crippen molar-refractivity contribution >= 4 is 5.69 Å². The third-order valence-corrected chi connectivity index (χ3v) is 5.43. The average molecular weight is 394 g/mol. The number of piperazine rings is 1. The highest BCUT2D eigenvalue weighted by atomic mass is 16.5. The first-order chi connectivity index (χ1) is 14.2. The second-order valence-corrected chi connectivity index (χ2v) is 7.07. The van der Waals surface area contributed by atoms with E-state index >= 15 is 0 Å². The third kappa shape index (κ3) is 4.19. The van der Waals surface area contributed by atoms with Crippen molar-refractivity contribution in [3.63, 3.8) is 0 Å². The monoisotopic (exact) mass is 394 g/mol. The topological polar surface area (TPSA) is 63.9 Å². The molecule has 3 aromatic rings. The number of ether oxygens (including phenoxy) is 2. The van der Waals surface area contributed by atoms with Gasteiger partial charge in [-0.2, -0.15) is 0 Å². The molecule has 29 heavy (non-hydrogen) atoms. The summed E-state index contributed by atoms with van der Waals surface area (Å²) in [6.07, 6.45) is 0. The minimum Gasteiger partial charge on any atom is -0.497 e. The van der Waals surface area contributed by atoms with Crippen molar-refractivity contribution in [1.82, 2.24) is 15.1 Å². The number of hydrogen-bond acceptors (Lipinski definition) is 7. The predicted molar refractivity (Wildman–Crippen MR) is 111 cm³/mol. The summed E-state index contributed by atoms with van der Waals surface area (Å²) in [7, 11) is 3.34. The molecule has 1 aromatic heterocycles. The first-order valence-electron chi connectivity index (χ1n) is 9.79. The van der Waals surface area contributed by atoms with E-state index in [-0.39, 0.29) is 6.04 Å². The molecule has 0 N–H and O–H groups in total. The van der Waals surface area contributed by atoms with Gasteiger partial charge < -0.3 is 18.8 Å². The van der Waals surface area contributed by atoms with Crippen LogP contribution in [-0.2, 0) is 0 Å². The smallest absolute Gasteiger partial charge is 0.247 e. The van der Waals surface area contributed by atoms with Crippen molar-refractivity contribution in [1.29, 1.82) is 0 Å². The van der Waals surface area contributed by atoms with E-state index in [0.29, 0.717) is 11.8 Å². The van der Waals surface area contributed by atoms with Gasteiger partial charge in [0.15, 0.2) is 0 Å². The Morgan fingerprint density at radius 3 is 2.00 bits per heavy atom. The molecule has 1 aliphatic heterocycles. The summed E-state index contributed by atoms with van der Waals surface area (Å²) in [6.45, 7) is 5.90. The molecule has 4 rings (SSSR count). The Labute approximate surface area is 170 Å². The van der Waals surface area contributed by atoms with Crippen LogP contribution in [0.2, 0.25) is 0 Å². The molecule has 1 fully saturated rings. The number of methoxy groups -OCH3 is 2. The van der Waals surface area contributed by atoms with E-state index in [4.69, 9.17) is 13.9 Å². The van der Waals surface area contributed by atoms with Crippen LogP contribution in [-0.4, -0.2) is 55.5 Å². The standard InChI is InChI=1S/C22H26N4O3/c1-16(21-23-24-22(29-21)17-4-8-19(27-2)9-5-17)25-12-14-26(15-13-25)18-6-10-20(28-3)11-7-18/h4-11,16H,12-15H2,1-3H3. The van der Waals surface area contributed by atoms with Crippen molar-refractivity contribution in [3.8, 4) is 23.0 Å². The summed E-state index contributed by atoms with van der Waals surface area (Å²) >= 11 is 0. The first kappa shape index (κ1) is 19.3. The Hall–Kier alpha value is -3.06. The molecule has 7 heteroatoms. The Morgan fingerprint density at radius 1 is 0.828 bits per heavy atom. The van der Waals surface area contributed by atoms with Gasteiger partial charge in [0.05, 0.1) is 20.3 Å². The lowest BCUT2D eigenvalue weighted by atomic mass is 10.2. The van der Waals surface area contributed by atoms with Gasteiger partial charge in [-0.25, -0.2) is 0 Å². The highest BCUT2D eigenvalue weighted by Crippen LogP contribution is 2.27. The van der Waals surface area contributed by atoms with E-state index in [0.717, 1.165) is 43.2 Å². The predicted octanol–water partition coefficient (Wildman–Crippen LogP) is 3.64. The van der Waals surface area contributed by atoms with E-state index in [1.807, 2.05) is 36.4 Å². The molecule has 0 radical (unpaired) electrons. The van der Waals surface area contributed by atoms with Crippen LogP contribution >= 0.6 is 0 Å². The highest BCUT2D eigenvalue weighted by molar-refractivity contribution is 5.54. The summed E-state index contributed by atoms with van der Waals surface area (Å²) < 4.78 is 16.4. The van der Waals surface area contributed by atoms with Gasteiger partial charge in [0, 0.05) is 37.4 Å². The van der Waals surface area contributed by atoms with Gasteiger partial charge in [0.1, 0.15) is 11.5 Å². The number of rotatable bonds is 6. The lowest BCUT2D eigenvalue weighted by Gasteiger charge is -2.38. The minimum absolute atomic E-state index is 0.0764. The molecule has 1 aliphatic rings. The summed E-state index contributed by atoms with van der Waals surface area (Å²) in [6, 6.07) is 15.9. The third-order valence-electron chi connectivity index (χ3n) is 5.43. The van der Waals surface area contributed by atoms with Gasteiger partial charge in [-0.15, -0.1) is 10.2 Å². The van der Waals surface area contributed by atoms with Gasteiger partial charge >= 0.3 is 0 Å². The van der Waals surface area contributed by atoms with Gasteiger partial charge in [-0.05, 0) is 55.5 Å². The molecule has 2 heterocycles. The zero-order chi connectivity index (χ0) is 20.2. The molecule has 7 nitrogen and oxygen atoms in total. The summed E-state index contributed by atoms with van der Waals surface area (Å²) in [5.74, 6) is 2.86. The fraction of sp³-hybridized carbons (Fsp3) is 0.364. The zero-order valence-corrected chi connectivity index (χ0v) is 17.0. The minimum atomic E-state index is 0.0764. The number of hydrogen-bond donors (Lipinski definition) is 0. The summed E-state index contributed by atoms with van der Waals surface area (Å²) in [4.78, 5) is 4.77. The van der Waals surface area contributed by atoms with E-state index in [9.17, 15) is 0 Å². The SMILES string of the molecule is COc1ccc(-c2nnc(C(C)N3CCN(c4ccc(OC)cc4)CC3)o2)cc1. The van der Waals surface area contributed by atoms with Crippen LogP contribution in [0.15, 0.2) is 52.9 Å². The molecule has 1 unspecified atom stereocenters. The zero-order valence-electron chi connectivity index (χ0n) is 17.0. The maximum Gasteiger partial charge on any atom is 0.247 e. The molecule has 152 valence electrons. The number of benzene rings is 2. The van der Waals surface area contributed by atoms with Crippen molar-refractivity contribution < 1.29 is 13.9 Å². The van der Waals surface area contributed by atoms with Gasteiger partial charge in [0.25, 0.3) is 0 Å². The Balaban J connectivity index is 1.38. The molecule has 0 saturated carbocycles. The largest absolute Gasteiger partial charge is 0.497 e. The summed E-state index contributed by atoms with van der Waals surface area (Å²) in [5.41, 5.74) is 2.11. The molecular weight excluding hydrogens is 368 g/mol. The number of aromatic nitrogens is 2. The lowest BCUT2D eigenvalue weighted by molar-refractivity contribution is 0.174. The van der Waals surface area contributed by atoms with Crippen molar-refractivity contribution in [2.45, 2.75) is 13.0 Å². The highest BCUT2D eigenvalue weighted by Gasteiger charge is 2.26. The van der Waals surface area contributed by atoms with Crippen LogP contribution in [0.3, 0.4) is 0 Å². The fourth-order valence-electron chi connectivity index (χ4n) is 3.57. The lowest BCUT2D eigenvalue weighted by Crippen LogP contribution is -2.47. The van der Waals surface area contributed by atoms with Crippen LogP contribution in [0.1, 0.15) is 18.9 Å². The second kappa shape index (κ2) is 8.53. The quantitative estimate of drug-likeness (QED) is 0.632. The van der Waals surface area contributed by atoms with Crippen molar-refractivity contribution in [3.05, 3.63) is 54.4 Å². The van der Waals surface area contributed by atoms with Crippen LogP contribution in [0.25, 0.3) is 11.5 Å². The Morgan fingerprint density at radius 2 is 1.41 bits per heavy atom. The normalized spacial score (nSPS) is 15.9. The van der Waals surface area contributed by atoms with Gasteiger partial charge in [-0.1, -0.05) is 0 Å². The first-order valence-corrected chi connectivity index (χ1v) is 9.79. The summed E-state index contributed by atoms with van der Waals surface area (Å²) in [5, 5.41) is 8.52. The maximum absolute atomic E-state index is 5.96. The van der Waals surface area contributed by atoms with Gasteiger partial charge in [0.2, 0.25) is 11.8 Å². The second-order valence-electron chi connectivity index (χ2n) is 7.07. The molecule has 1 saturated heterocycles. The maximum atomic E-state index is 5.96. The van der Waals surface area contributed by atoms with Crippen LogP contribution in [0.4, 0.5) is 5.69 Å². The average Bonchev–Trinajstić information content (AvgIpc) is 3.29. The number of anilines is 1. The van der Waals surface area contributed by atoms with E-state index in [1.54, 1.807) is 14.2 Å². The van der Waals surface area contributed by atoms with Crippen LogP contribution in [0.5, 0.6) is 11.5 Å².